The lowest BCUT2D eigenvalue weighted by atomic mass is 10.1. The number of ether oxygens (including phenoxy) is 2. The molecule has 6 nitrogen and oxygen atoms in total. The van der Waals surface area contributed by atoms with Gasteiger partial charge in [0.25, 0.3) is 11.8 Å². The van der Waals surface area contributed by atoms with Gasteiger partial charge in [-0.1, -0.05) is 18.2 Å². The highest BCUT2D eigenvalue weighted by atomic mass is 19.3. The zero-order valence-electron chi connectivity index (χ0n) is 12.9. The van der Waals surface area contributed by atoms with Crippen molar-refractivity contribution in [2.75, 3.05) is 11.9 Å². The maximum Gasteiger partial charge on any atom is 0.387 e. The van der Waals surface area contributed by atoms with Crippen molar-refractivity contribution < 1.29 is 27.8 Å². The molecule has 130 valence electrons. The molecule has 8 heteroatoms. The topological polar surface area (TPSA) is 76.7 Å². The van der Waals surface area contributed by atoms with Gasteiger partial charge < -0.3 is 20.1 Å². The molecule has 1 heterocycles. The molecule has 0 aromatic heterocycles. The van der Waals surface area contributed by atoms with Crippen LogP contribution in [0.15, 0.2) is 42.5 Å². The molecule has 0 spiro atoms. The van der Waals surface area contributed by atoms with Crippen molar-refractivity contribution in [2.45, 2.75) is 13.2 Å². The summed E-state index contributed by atoms with van der Waals surface area (Å²) in [5.41, 5.74) is 1.24. The average molecular weight is 348 g/mol. The van der Waals surface area contributed by atoms with Gasteiger partial charge in [0.15, 0.2) is 6.61 Å². The molecule has 2 N–H and O–H groups in total. The SMILES string of the molecule is O=C1COc2cc(C(=O)NCc3ccccc3OC(F)F)ccc2N1. The van der Waals surface area contributed by atoms with E-state index in [2.05, 4.69) is 15.4 Å². The fraction of sp³-hybridized carbons (Fsp3) is 0.176. The van der Waals surface area contributed by atoms with Gasteiger partial charge in [-0.15, -0.1) is 0 Å². The molecule has 0 unspecified atom stereocenters. The summed E-state index contributed by atoms with van der Waals surface area (Å²) in [6.45, 7) is -3.03. The van der Waals surface area contributed by atoms with Gasteiger partial charge in [-0.2, -0.15) is 8.78 Å². The number of alkyl halides is 2. The number of para-hydroxylation sites is 1. The molecule has 0 atom stereocenters. The van der Waals surface area contributed by atoms with E-state index in [4.69, 9.17) is 4.74 Å². The summed E-state index contributed by atoms with van der Waals surface area (Å²) in [5, 5.41) is 5.26. The van der Waals surface area contributed by atoms with Crippen LogP contribution < -0.4 is 20.1 Å². The number of amides is 2. The molecule has 0 fully saturated rings. The molecular formula is C17H14F2N2O4. The Morgan fingerprint density at radius 2 is 2.08 bits per heavy atom. The van der Waals surface area contributed by atoms with E-state index in [0.717, 1.165) is 0 Å². The van der Waals surface area contributed by atoms with Crippen LogP contribution in [0.4, 0.5) is 14.5 Å². The van der Waals surface area contributed by atoms with Gasteiger partial charge in [0.2, 0.25) is 0 Å². The third-order valence-electron chi connectivity index (χ3n) is 3.50. The summed E-state index contributed by atoms with van der Waals surface area (Å²) in [7, 11) is 0. The molecule has 0 aliphatic carbocycles. The second kappa shape index (κ2) is 7.16. The number of hydrogen-bond donors (Lipinski definition) is 2. The Hall–Kier alpha value is -3.16. The third kappa shape index (κ3) is 4.03. The van der Waals surface area contributed by atoms with Crippen molar-refractivity contribution >= 4 is 17.5 Å². The first kappa shape index (κ1) is 16.7. The Labute approximate surface area is 141 Å². The van der Waals surface area contributed by atoms with Crippen molar-refractivity contribution in [3.05, 3.63) is 53.6 Å². The van der Waals surface area contributed by atoms with Gasteiger partial charge in [-0.05, 0) is 24.3 Å². The second-order valence-corrected chi connectivity index (χ2v) is 5.22. The maximum absolute atomic E-state index is 12.4. The number of hydrogen-bond acceptors (Lipinski definition) is 4. The quantitative estimate of drug-likeness (QED) is 0.871. The summed E-state index contributed by atoms with van der Waals surface area (Å²) >= 11 is 0. The Morgan fingerprint density at radius 1 is 1.28 bits per heavy atom. The molecule has 1 aliphatic heterocycles. The van der Waals surface area contributed by atoms with Crippen molar-refractivity contribution in [3.63, 3.8) is 0 Å². The molecule has 0 bridgehead atoms. The Morgan fingerprint density at radius 3 is 2.88 bits per heavy atom. The fourth-order valence-electron chi connectivity index (χ4n) is 2.35. The van der Waals surface area contributed by atoms with E-state index in [1.165, 1.54) is 18.2 Å². The lowest BCUT2D eigenvalue weighted by Crippen LogP contribution is -2.27. The van der Waals surface area contributed by atoms with Crippen molar-refractivity contribution in [3.8, 4) is 11.5 Å². The summed E-state index contributed by atoms with van der Waals surface area (Å²) in [5.74, 6) is -0.265. The zero-order valence-corrected chi connectivity index (χ0v) is 12.9. The highest BCUT2D eigenvalue weighted by molar-refractivity contribution is 5.98. The van der Waals surface area contributed by atoms with E-state index in [1.807, 2.05) is 0 Å². The minimum absolute atomic E-state index is 0.00860. The largest absolute Gasteiger partial charge is 0.482 e. The summed E-state index contributed by atoms with van der Waals surface area (Å²) in [4.78, 5) is 23.5. The van der Waals surface area contributed by atoms with E-state index in [-0.39, 0.29) is 24.8 Å². The van der Waals surface area contributed by atoms with Crippen LogP contribution in [0.5, 0.6) is 11.5 Å². The normalized spacial score (nSPS) is 12.8. The number of benzene rings is 2. The van der Waals surface area contributed by atoms with Gasteiger partial charge in [-0.3, -0.25) is 9.59 Å². The molecule has 1 aliphatic rings. The first-order chi connectivity index (χ1) is 12.0. The van der Waals surface area contributed by atoms with E-state index in [1.54, 1.807) is 24.3 Å². The van der Waals surface area contributed by atoms with Gasteiger partial charge >= 0.3 is 6.61 Å². The van der Waals surface area contributed by atoms with Gasteiger partial charge in [0, 0.05) is 17.7 Å². The molecule has 25 heavy (non-hydrogen) atoms. The van der Waals surface area contributed by atoms with E-state index >= 15 is 0 Å². The average Bonchev–Trinajstić information content (AvgIpc) is 2.59. The predicted octanol–water partition coefficient (Wildman–Crippen LogP) is 2.55. The Balaban J connectivity index is 1.68. The van der Waals surface area contributed by atoms with Crippen LogP contribution in [0.2, 0.25) is 0 Å². The zero-order chi connectivity index (χ0) is 17.8. The lowest BCUT2D eigenvalue weighted by molar-refractivity contribution is -0.118. The number of carbonyl (C=O) groups excluding carboxylic acids is 2. The minimum atomic E-state index is -2.94. The van der Waals surface area contributed by atoms with Gasteiger partial charge in [0.05, 0.1) is 5.69 Å². The van der Waals surface area contributed by atoms with Crippen molar-refractivity contribution in [1.29, 1.82) is 0 Å². The second-order valence-electron chi connectivity index (χ2n) is 5.22. The number of fused-ring (bicyclic) bond motifs is 1. The highest BCUT2D eigenvalue weighted by Crippen LogP contribution is 2.28. The molecule has 0 radical (unpaired) electrons. The Bertz CT molecular complexity index is 811. The first-order valence-corrected chi connectivity index (χ1v) is 7.40. The van der Waals surface area contributed by atoms with Gasteiger partial charge in [-0.25, -0.2) is 0 Å². The molecule has 0 saturated heterocycles. The molecule has 3 rings (SSSR count). The van der Waals surface area contributed by atoms with Crippen molar-refractivity contribution in [1.82, 2.24) is 5.32 Å². The maximum atomic E-state index is 12.4. The van der Waals surface area contributed by atoms with E-state index in [9.17, 15) is 18.4 Å². The van der Waals surface area contributed by atoms with Crippen LogP contribution in [0.3, 0.4) is 0 Å². The Kier molecular flexibility index (Phi) is 4.78. The summed E-state index contributed by atoms with van der Waals surface area (Å²) in [6, 6.07) is 10.8. The highest BCUT2D eigenvalue weighted by Gasteiger charge is 2.18. The van der Waals surface area contributed by atoms with Gasteiger partial charge in [0.1, 0.15) is 11.5 Å². The number of halogens is 2. The monoisotopic (exact) mass is 348 g/mol. The number of rotatable bonds is 5. The van der Waals surface area contributed by atoms with E-state index < -0.39 is 12.5 Å². The number of nitrogens with one attached hydrogen (secondary N) is 2. The molecular weight excluding hydrogens is 334 g/mol. The smallest absolute Gasteiger partial charge is 0.387 e. The number of anilines is 1. The van der Waals surface area contributed by atoms with Crippen LogP contribution in [-0.4, -0.2) is 25.0 Å². The van der Waals surface area contributed by atoms with Crippen LogP contribution in [-0.2, 0) is 11.3 Å². The minimum Gasteiger partial charge on any atom is -0.482 e. The number of carbonyl (C=O) groups is 2. The van der Waals surface area contributed by atoms with Crippen molar-refractivity contribution in [2.24, 2.45) is 0 Å². The third-order valence-corrected chi connectivity index (χ3v) is 3.50. The summed E-state index contributed by atoms with van der Waals surface area (Å²) in [6.07, 6.45) is 0. The molecule has 2 aromatic carbocycles. The standard InChI is InChI=1S/C17H14F2N2O4/c18-17(19)25-13-4-2-1-3-11(13)8-20-16(23)10-5-6-12-14(7-10)24-9-15(22)21-12/h1-7,17H,8-9H2,(H,20,23)(H,21,22). The first-order valence-electron chi connectivity index (χ1n) is 7.40. The summed E-state index contributed by atoms with van der Waals surface area (Å²) < 4.78 is 34.5. The van der Waals surface area contributed by atoms with Crippen LogP contribution >= 0.6 is 0 Å². The van der Waals surface area contributed by atoms with Crippen LogP contribution in [0.1, 0.15) is 15.9 Å². The van der Waals surface area contributed by atoms with E-state index in [0.29, 0.717) is 22.6 Å². The lowest BCUT2D eigenvalue weighted by Gasteiger charge is -2.18. The van der Waals surface area contributed by atoms with Crippen LogP contribution in [0, 0.1) is 0 Å². The van der Waals surface area contributed by atoms with Crippen LogP contribution in [0.25, 0.3) is 0 Å². The molecule has 2 amide bonds. The fourth-order valence-corrected chi connectivity index (χ4v) is 2.35. The molecule has 2 aromatic rings. The molecule has 0 saturated carbocycles. The predicted molar refractivity (Wildman–Crippen MR) is 84.8 cm³/mol.